The molecule has 0 aromatic heterocycles. The van der Waals surface area contributed by atoms with Gasteiger partial charge in [-0.25, -0.2) is 0 Å². The maximum atomic E-state index is 12.2. The summed E-state index contributed by atoms with van der Waals surface area (Å²) in [6.07, 6.45) is 0. The van der Waals surface area contributed by atoms with Crippen LogP contribution in [0.5, 0.6) is 11.5 Å². The smallest absolute Gasteiger partial charge is 0.387 e. The van der Waals surface area contributed by atoms with Crippen molar-refractivity contribution in [3.05, 3.63) is 59.7 Å². The van der Waals surface area contributed by atoms with E-state index in [0.29, 0.717) is 12.4 Å². The van der Waals surface area contributed by atoms with Crippen molar-refractivity contribution in [2.45, 2.75) is 20.1 Å². The van der Waals surface area contributed by atoms with E-state index < -0.39 is 6.61 Å². The Bertz CT molecular complexity index is 527. The molecule has 2 aromatic carbocycles. The molecule has 4 heteroatoms. The van der Waals surface area contributed by atoms with Gasteiger partial charge in [0.25, 0.3) is 0 Å². The summed E-state index contributed by atoms with van der Waals surface area (Å²) < 4.78 is 34.3. The van der Waals surface area contributed by atoms with Crippen LogP contribution in [0.1, 0.15) is 11.1 Å². The molecule has 0 saturated carbocycles. The van der Waals surface area contributed by atoms with Crippen molar-refractivity contribution in [1.82, 2.24) is 0 Å². The Morgan fingerprint density at radius 3 is 2.37 bits per heavy atom. The van der Waals surface area contributed by atoms with E-state index in [1.54, 1.807) is 19.1 Å². The zero-order valence-electron chi connectivity index (χ0n) is 10.5. The van der Waals surface area contributed by atoms with Gasteiger partial charge in [0.1, 0.15) is 18.1 Å². The predicted molar refractivity (Wildman–Crippen MR) is 68.6 cm³/mol. The lowest BCUT2D eigenvalue weighted by Gasteiger charge is -2.10. The summed E-state index contributed by atoms with van der Waals surface area (Å²) in [5, 5.41) is 0. The fraction of sp³-hybridized carbons (Fsp3) is 0.200. The summed E-state index contributed by atoms with van der Waals surface area (Å²) in [6.45, 7) is -0.643. The molecule has 0 spiro atoms. The van der Waals surface area contributed by atoms with Crippen molar-refractivity contribution < 1.29 is 18.3 Å². The van der Waals surface area contributed by atoms with Gasteiger partial charge in [0.15, 0.2) is 0 Å². The normalized spacial score (nSPS) is 10.5. The molecule has 0 radical (unpaired) electrons. The molecule has 100 valence electrons. The van der Waals surface area contributed by atoms with Gasteiger partial charge in [-0.05, 0) is 30.2 Å². The van der Waals surface area contributed by atoms with Gasteiger partial charge in [0.2, 0.25) is 0 Å². The Morgan fingerprint density at radius 1 is 1.00 bits per heavy atom. The first-order valence-corrected chi connectivity index (χ1v) is 5.87. The number of hydrogen-bond acceptors (Lipinski definition) is 2. The van der Waals surface area contributed by atoms with Crippen LogP contribution in [-0.4, -0.2) is 6.61 Å². The van der Waals surface area contributed by atoms with Crippen LogP contribution in [0.15, 0.2) is 48.5 Å². The highest BCUT2D eigenvalue weighted by Gasteiger charge is 2.07. The standard InChI is InChI=1S/C15H14F2O2/c1-11-7-13(9-14(8-11)19-15(16)17)18-10-12-5-3-2-4-6-12/h2-9,15H,10H2,1H3. The van der Waals surface area contributed by atoms with Crippen LogP contribution in [0, 0.1) is 6.92 Å². The van der Waals surface area contributed by atoms with E-state index >= 15 is 0 Å². The highest BCUT2D eigenvalue weighted by atomic mass is 19.3. The molecular weight excluding hydrogens is 250 g/mol. The van der Waals surface area contributed by atoms with Crippen LogP contribution >= 0.6 is 0 Å². The molecule has 0 bridgehead atoms. The van der Waals surface area contributed by atoms with Crippen molar-refractivity contribution in [2.75, 3.05) is 0 Å². The third-order valence-electron chi connectivity index (χ3n) is 2.50. The average molecular weight is 264 g/mol. The third-order valence-corrected chi connectivity index (χ3v) is 2.50. The molecule has 2 nitrogen and oxygen atoms in total. The van der Waals surface area contributed by atoms with Gasteiger partial charge in [-0.3, -0.25) is 0 Å². The van der Waals surface area contributed by atoms with Crippen LogP contribution in [-0.2, 0) is 6.61 Å². The van der Waals surface area contributed by atoms with E-state index in [2.05, 4.69) is 4.74 Å². The zero-order valence-corrected chi connectivity index (χ0v) is 10.5. The van der Waals surface area contributed by atoms with Crippen molar-refractivity contribution in [3.8, 4) is 11.5 Å². The lowest BCUT2D eigenvalue weighted by atomic mass is 10.2. The Hall–Kier alpha value is -2.10. The number of halogens is 2. The Kier molecular flexibility index (Phi) is 4.34. The lowest BCUT2D eigenvalue weighted by molar-refractivity contribution is -0.0499. The van der Waals surface area contributed by atoms with E-state index in [1.165, 1.54) is 6.07 Å². The molecule has 0 saturated heterocycles. The number of benzene rings is 2. The molecular formula is C15H14F2O2. The molecule has 0 aliphatic heterocycles. The van der Waals surface area contributed by atoms with Gasteiger partial charge in [0, 0.05) is 6.07 Å². The van der Waals surface area contributed by atoms with Gasteiger partial charge in [-0.2, -0.15) is 8.78 Å². The number of alkyl halides is 2. The van der Waals surface area contributed by atoms with E-state index in [1.807, 2.05) is 30.3 Å². The Labute approximate surface area is 110 Å². The molecule has 19 heavy (non-hydrogen) atoms. The third kappa shape index (κ3) is 4.25. The molecule has 2 rings (SSSR count). The first-order chi connectivity index (χ1) is 9.13. The molecule has 0 heterocycles. The van der Waals surface area contributed by atoms with E-state index in [-0.39, 0.29) is 5.75 Å². The van der Waals surface area contributed by atoms with Crippen molar-refractivity contribution in [3.63, 3.8) is 0 Å². The second kappa shape index (κ2) is 6.18. The van der Waals surface area contributed by atoms with E-state index in [4.69, 9.17) is 4.74 Å². The number of rotatable bonds is 5. The van der Waals surface area contributed by atoms with Gasteiger partial charge < -0.3 is 9.47 Å². The summed E-state index contributed by atoms with van der Waals surface area (Å²) in [5.74, 6) is 0.623. The summed E-state index contributed by atoms with van der Waals surface area (Å²) in [7, 11) is 0. The van der Waals surface area contributed by atoms with Crippen LogP contribution in [0.2, 0.25) is 0 Å². The highest BCUT2D eigenvalue weighted by Crippen LogP contribution is 2.24. The summed E-state index contributed by atoms with van der Waals surface area (Å²) in [6, 6.07) is 14.4. The SMILES string of the molecule is Cc1cc(OCc2ccccc2)cc(OC(F)F)c1. The zero-order chi connectivity index (χ0) is 13.7. The fourth-order valence-electron chi connectivity index (χ4n) is 1.71. The first-order valence-electron chi connectivity index (χ1n) is 5.87. The van der Waals surface area contributed by atoms with Gasteiger partial charge in [0.05, 0.1) is 0 Å². The molecule has 0 atom stereocenters. The van der Waals surface area contributed by atoms with Gasteiger partial charge in [-0.1, -0.05) is 30.3 Å². The lowest BCUT2D eigenvalue weighted by Crippen LogP contribution is -2.03. The molecule has 0 fully saturated rings. The summed E-state index contributed by atoms with van der Waals surface area (Å²) in [4.78, 5) is 0. The second-order valence-corrected chi connectivity index (χ2v) is 4.13. The fourth-order valence-corrected chi connectivity index (χ4v) is 1.71. The minimum absolute atomic E-state index is 0.109. The molecule has 0 aliphatic rings. The van der Waals surface area contributed by atoms with E-state index in [0.717, 1.165) is 11.1 Å². The largest absolute Gasteiger partial charge is 0.489 e. The van der Waals surface area contributed by atoms with Crippen molar-refractivity contribution >= 4 is 0 Å². The van der Waals surface area contributed by atoms with E-state index in [9.17, 15) is 8.78 Å². The van der Waals surface area contributed by atoms with Crippen molar-refractivity contribution in [2.24, 2.45) is 0 Å². The maximum Gasteiger partial charge on any atom is 0.387 e. The quantitative estimate of drug-likeness (QED) is 0.806. The summed E-state index contributed by atoms with van der Waals surface area (Å²) in [5.41, 5.74) is 1.82. The number of aryl methyl sites for hydroxylation is 1. The molecule has 0 N–H and O–H groups in total. The van der Waals surface area contributed by atoms with Crippen LogP contribution in [0.25, 0.3) is 0 Å². The molecule has 0 amide bonds. The molecule has 0 unspecified atom stereocenters. The van der Waals surface area contributed by atoms with Gasteiger partial charge >= 0.3 is 6.61 Å². The second-order valence-electron chi connectivity index (χ2n) is 4.13. The molecule has 0 aliphatic carbocycles. The van der Waals surface area contributed by atoms with Crippen LogP contribution in [0.3, 0.4) is 0 Å². The summed E-state index contributed by atoms with van der Waals surface area (Å²) >= 11 is 0. The highest BCUT2D eigenvalue weighted by molar-refractivity contribution is 5.38. The average Bonchev–Trinajstić information content (AvgIpc) is 2.36. The van der Waals surface area contributed by atoms with Crippen LogP contribution in [0.4, 0.5) is 8.78 Å². The first kappa shape index (κ1) is 13.3. The molecule has 2 aromatic rings. The monoisotopic (exact) mass is 264 g/mol. The topological polar surface area (TPSA) is 18.5 Å². The number of ether oxygens (including phenoxy) is 2. The Morgan fingerprint density at radius 2 is 1.68 bits per heavy atom. The van der Waals surface area contributed by atoms with Gasteiger partial charge in [-0.15, -0.1) is 0 Å². The van der Waals surface area contributed by atoms with Crippen molar-refractivity contribution in [1.29, 1.82) is 0 Å². The maximum absolute atomic E-state index is 12.2. The van der Waals surface area contributed by atoms with Crippen LogP contribution < -0.4 is 9.47 Å². The predicted octanol–water partition coefficient (Wildman–Crippen LogP) is 4.18. The number of hydrogen-bond donors (Lipinski definition) is 0. The minimum Gasteiger partial charge on any atom is -0.489 e. The Balaban J connectivity index is 2.05. The minimum atomic E-state index is -2.83.